The van der Waals surface area contributed by atoms with Crippen LogP contribution >= 0.6 is 0 Å². The smallest absolute Gasteiger partial charge is 0.193 e. The standard InChI is InChI=1S/C28H34F3N/c29-28(30,31)27-19-17-26(18-20-27)25-15-13-24(14-16-25)12-11-23-9-7-22(8-10-23)6-4-2-1-3-5-21-32/h1-3,5,11-12,17-20,22-25H,4,6-10,13-16H2/b2-1?,5-3?,12-11+. The lowest BCUT2D eigenvalue weighted by atomic mass is 9.77. The van der Waals surface area contributed by atoms with E-state index in [2.05, 4.69) is 18.2 Å². The summed E-state index contributed by atoms with van der Waals surface area (Å²) in [7, 11) is 0. The van der Waals surface area contributed by atoms with Gasteiger partial charge in [-0.25, -0.2) is 0 Å². The summed E-state index contributed by atoms with van der Waals surface area (Å²) in [5.41, 5.74) is 0.492. The maximum Gasteiger partial charge on any atom is 0.416 e. The normalized spacial score (nSPS) is 27.3. The van der Waals surface area contributed by atoms with Crippen LogP contribution in [0.2, 0.25) is 0 Å². The Kier molecular flexibility index (Phi) is 9.21. The van der Waals surface area contributed by atoms with Gasteiger partial charge in [-0.1, -0.05) is 42.5 Å². The molecule has 0 saturated heterocycles. The highest BCUT2D eigenvalue weighted by Gasteiger charge is 2.30. The summed E-state index contributed by atoms with van der Waals surface area (Å²) in [4.78, 5) is 0. The lowest BCUT2D eigenvalue weighted by Crippen LogP contribution is -2.14. The average molecular weight is 442 g/mol. The van der Waals surface area contributed by atoms with Crippen LogP contribution in [-0.2, 0) is 6.18 Å². The van der Waals surface area contributed by atoms with Crippen LogP contribution in [0.5, 0.6) is 0 Å². The van der Waals surface area contributed by atoms with Crippen molar-refractivity contribution >= 4 is 0 Å². The molecule has 2 fully saturated rings. The number of halogens is 3. The number of allylic oxidation sites excluding steroid dienone is 6. The molecule has 0 aromatic heterocycles. The maximum atomic E-state index is 12.8. The Hall–Kier alpha value is -2.28. The summed E-state index contributed by atoms with van der Waals surface area (Å²) in [5, 5.41) is 8.46. The molecule has 0 atom stereocenters. The van der Waals surface area contributed by atoms with Crippen molar-refractivity contribution in [2.45, 2.75) is 76.3 Å². The summed E-state index contributed by atoms with van der Waals surface area (Å²) in [5.74, 6) is 2.53. The lowest BCUT2D eigenvalue weighted by Gasteiger charge is -2.29. The molecule has 172 valence electrons. The van der Waals surface area contributed by atoms with Crippen molar-refractivity contribution in [3.63, 3.8) is 0 Å². The maximum absolute atomic E-state index is 12.8. The van der Waals surface area contributed by atoms with Crippen molar-refractivity contribution in [2.24, 2.45) is 17.8 Å². The van der Waals surface area contributed by atoms with Gasteiger partial charge in [-0.2, -0.15) is 18.4 Å². The third-order valence-electron chi connectivity index (χ3n) is 7.19. The highest BCUT2D eigenvalue weighted by Crippen LogP contribution is 2.38. The van der Waals surface area contributed by atoms with Crippen LogP contribution in [0.3, 0.4) is 0 Å². The molecule has 1 aromatic rings. The Morgan fingerprint density at radius 2 is 1.44 bits per heavy atom. The van der Waals surface area contributed by atoms with E-state index >= 15 is 0 Å². The van der Waals surface area contributed by atoms with Gasteiger partial charge in [-0.15, -0.1) is 0 Å². The fraction of sp³-hybridized carbons (Fsp3) is 0.536. The minimum atomic E-state index is -4.26. The molecular weight excluding hydrogens is 407 g/mol. The molecule has 3 rings (SSSR count). The largest absolute Gasteiger partial charge is 0.416 e. The first-order chi connectivity index (χ1) is 15.5. The SMILES string of the molecule is N#CC=CC=CCCC1CCC(/C=C/C2CCC(c3ccc(C(F)(F)F)cc3)CC2)CC1. The summed E-state index contributed by atoms with van der Waals surface area (Å²) >= 11 is 0. The third kappa shape index (κ3) is 7.69. The van der Waals surface area contributed by atoms with E-state index in [-0.39, 0.29) is 0 Å². The molecule has 2 aliphatic rings. The van der Waals surface area contributed by atoms with Crippen LogP contribution in [0.4, 0.5) is 13.2 Å². The van der Waals surface area contributed by atoms with Crippen LogP contribution in [0.15, 0.2) is 60.7 Å². The first kappa shape index (κ1) is 24.4. The number of nitriles is 1. The van der Waals surface area contributed by atoms with E-state index in [0.29, 0.717) is 17.8 Å². The number of rotatable bonds is 7. The first-order valence-electron chi connectivity index (χ1n) is 12.0. The minimum absolute atomic E-state index is 0.391. The lowest BCUT2D eigenvalue weighted by molar-refractivity contribution is -0.137. The Morgan fingerprint density at radius 3 is 2.00 bits per heavy atom. The Bertz CT molecular complexity index is 810. The van der Waals surface area contributed by atoms with E-state index in [1.807, 2.05) is 12.1 Å². The van der Waals surface area contributed by atoms with E-state index in [1.54, 1.807) is 18.2 Å². The second-order valence-corrected chi connectivity index (χ2v) is 9.39. The predicted molar refractivity (Wildman–Crippen MR) is 124 cm³/mol. The molecule has 1 nitrogen and oxygen atoms in total. The number of hydrogen-bond acceptors (Lipinski definition) is 1. The molecule has 0 heterocycles. The third-order valence-corrected chi connectivity index (χ3v) is 7.19. The molecule has 2 saturated carbocycles. The summed E-state index contributed by atoms with van der Waals surface area (Å²) < 4.78 is 38.3. The Balaban J connectivity index is 1.35. The van der Waals surface area contributed by atoms with Gasteiger partial charge in [-0.3, -0.25) is 0 Å². The van der Waals surface area contributed by atoms with E-state index in [1.165, 1.54) is 50.3 Å². The topological polar surface area (TPSA) is 23.8 Å². The molecule has 0 aliphatic heterocycles. The molecule has 0 spiro atoms. The van der Waals surface area contributed by atoms with Crippen LogP contribution in [0, 0.1) is 29.1 Å². The summed E-state index contributed by atoms with van der Waals surface area (Å²) in [6, 6.07) is 7.77. The molecule has 0 unspecified atom stereocenters. The van der Waals surface area contributed by atoms with E-state index in [0.717, 1.165) is 43.6 Å². The molecule has 0 N–H and O–H groups in total. The number of nitrogens with zero attached hydrogens (tertiary/aromatic N) is 1. The fourth-order valence-electron chi connectivity index (χ4n) is 5.18. The molecule has 0 bridgehead atoms. The fourth-order valence-corrected chi connectivity index (χ4v) is 5.18. The molecule has 2 aliphatic carbocycles. The monoisotopic (exact) mass is 441 g/mol. The quantitative estimate of drug-likeness (QED) is 0.236. The number of alkyl halides is 3. The van der Waals surface area contributed by atoms with Gasteiger partial charge in [0.05, 0.1) is 11.6 Å². The Labute approximate surface area is 190 Å². The van der Waals surface area contributed by atoms with Crippen LogP contribution in [-0.4, -0.2) is 0 Å². The number of hydrogen-bond donors (Lipinski definition) is 0. The van der Waals surface area contributed by atoms with Crippen molar-refractivity contribution in [3.8, 4) is 6.07 Å². The van der Waals surface area contributed by atoms with Gasteiger partial charge in [-0.05, 0) is 106 Å². The molecule has 1 aromatic carbocycles. The van der Waals surface area contributed by atoms with Crippen molar-refractivity contribution in [1.29, 1.82) is 5.26 Å². The summed E-state index contributed by atoms with van der Waals surface area (Å²) in [6.45, 7) is 0. The van der Waals surface area contributed by atoms with Gasteiger partial charge in [0.1, 0.15) is 0 Å². The van der Waals surface area contributed by atoms with E-state index in [4.69, 9.17) is 5.26 Å². The molecule has 0 amide bonds. The van der Waals surface area contributed by atoms with E-state index < -0.39 is 11.7 Å². The van der Waals surface area contributed by atoms with Crippen LogP contribution < -0.4 is 0 Å². The molecule has 4 heteroatoms. The van der Waals surface area contributed by atoms with Gasteiger partial charge in [0, 0.05) is 6.08 Å². The van der Waals surface area contributed by atoms with Crippen LogP contribution in [0.25, 0.3) is 0 Å². The van der Waals surface area contributed by atoms with Crippen molar-refractivity contribution in [1.82, 2.24) is 0 Å². The average Bonchev–Trinajstić information content (AvgIpc) is 2.81. The van der Waals surface area contributed by atoms with Gasteiger partial charge in [0.25, 0.3) is 0 Å². The van der Waals surface area contributed by atoms with Crippen molar-refractivity contribution in [2.75, 3.05) is 0 Å². The Morgan fingerprint density at radius 1 is 0.844 bits per heavy atom. The van der Waals surface area contributed by atoms with E-state index in [9.17, 15) is 13.2 Å². The highest BCUT2D eigenvalue weighted by molar-refractivity contribution is 5.27. The van der Waals surface area contributed by atoms with Gasteiger partial charge >= 0.3 is 6.18 Å². The van der Waals surface area contributed by atoms with Crippen molar-refractivity contribution in [3.05, 3.63) is 71.8 Å². The first-order valence-corrected chi connectivity index (χ1v) is 12.0. The number of benzene rings is 1. The van der Waals surface area contributed by atoms with Gasteiger partial charge < -0.3 is 0 Å². The minimum Gasteiger partial charge on any atom is -0.193 e. The zero-order valence-electron chi connectivity index (χ0n) is 18.7. The molecular formula is C28H34F3N. The molecule has 32 heavy (non-hydrogen) atoms. The zero-order chi connectivity index (χ0) is 22.8. The van der Waals surface area contributed by atoms with Crippen molar-refractivity contribution < 1.29 is 13.2 Å². The second-order valence-electron chi connectivity index (χ2n) is 9.39. The van der Waals surface area contributed by atoms with Gasteiger partial charge in [0.15, 0.2) is 0 Å². The molecule has 0 radical (unpaired) electrons. The second kappa shape index (κ2) is 12.1. The van der Waals surface area contributed by atoms with Gasteiger partial charge in [0.2, 0.25) is 0 Å². The zero-order valence-corrected chi connectivity index (χ0v) is 18.7. The predicted octanol–water partition coefficient (Wildman–Crippen LogP) is 8.76. The summed E-state index contributed by atoms with van der Waals surface area (Å²) in [6.07, 6.45) is 19.9. The van der Waals surface area contributed by atoms with Crippen LogP contribution in [0.1, 0.15) is 81.3 Å². The highest BCUT2D eigenvalue weighted by atomic mass is 19.4.